The number of benzene rings is 2. The number of aryl methyl sites for hydroxylation is 2. The predicted octanol–water partition coefficient (Wildman–Crippen LogP) is 5.11. The second-order valence-electron chi connectivity index (χ2n) is 6.28. The molecule has 1 fully saturated rings. The van der Waals surface area contributed by atoms with Crippen LogP contribution in [0.3, 0.4) is 0 Å². The first kappa shape index (κ1) is 16.2. The highest BCUT2D eigenvalue weighted by Crippen LogP contribution is 2.16. The Bertz CT molecular complexity index is 662. The van der Waals surface area contributed by atoms with Gasteiger partial charge in [0.2, 0.25) is 0 Å². The van der Waals surface area contributed by atoms with Crippen molar-refractivity contribution in [2.45, 2.75) is 39.5 Å². The number of hydrazone groups is 2. The van der Waals surface area contributed by atoms with Gasteiger partial charge < -0.3 is 0 Å². The van der Waals surface area contributed by atoms with Crippen LogP contribution in [0, 0.1) is 13.8 Å². The van der Waals surface area contributed by atoms with Crippen molar-refractivity contribution in [2.24, 2.45) is 10.2 Å². The lowest BCUT2D eigenvalue weighted by Gasteiger charge is -2.16. The van der Waals surface area contributed by atoms with Crippen LogP contribution in [0.5, 0.6) is 0 Å². The van der Waals surface area contributed by atoms with E-state index in [4.69, 9.17) is 0 Å². The number of rotatable bonds is 4. The number of hydrogen-bond donors (Lipinski definition) is 2. The summed E-state index contributed by atoms with van der Waals surface area (Å²) in [5.74, 6) is 0. The molecule has 4 nitrogen and oxygen atoms in total. The van der Waals surface area contributed by atoms with Gasteiger partial charge in [-0.3, -0.25) is 10.9 Å². The molecule has 0 saturated heterocycles. The summed E-state index contributed by atoms with van der Waals surface area (Å²) in [6.07, 6.45) is 4.26. The molecule has 4 heteroatoms. The molecule has 1 aliphatic carbocycles. The van der Waals surface area contributed by atoms with E-state index in [0.29, 0.717) is 0 Å². The van der Waals surface area contributed by atoms with Crippen LogP contribution in [0.4, 0.5) is 11.4 Å². The fourth-order valence-corrected chi connectivity index (χ4v) is 2.63. The third-order valence-corrected chi connectivity index (χ3v) is 4.15. The summed E-state index contributed by atoms with van der Waals surface area (Å²) in [6.45, 7) is 4.16. The zero-order chi connectivity index (χ0) is 16.8. The first-order chi connectivity index (χ1) is 11.7. The van der Waals surface area contributed by atoms with Crippen LogP contribution in [0.2, 0.25) is 0 Å². The molecule has 124 valence electrons. The smallest absolute Gasteiger partial charge is 0.0839 e. The van der Waals surface area contributed by atoms with Gasteiger partial charge in [0, 0.05) is 0 Å². The lowest BCUT2D eigenvalue weighted by atomic mass is 9.96. The number of nitrogens with zero attached hydrogens (tertiary/aromatic N) is 2. The van der Waals surface area contributed by atoms with Gasteiger partial charge >= 0.3 is 0 Å². The van der Waals surface area contributed by atoms with Crippen LogP contribution in [0.1, 0.15) is 36.8 Å². The molecule has 0 spiro atoms. The molecular weight excluding hydrogens is 296 g/mol. The molecule has 0 bridgehead atoms. The molecule has 3 rings (SSSR count). The van der Waals surface area contributed by atoms with Gasteiger partial charge in [0.25, 0.3) is 0 Å². The van der Waals surface area contributed by atoms with E-state index in [9.17, 15) is 0 Å². The van der Waals surface area contributed by atoms with E-state index in [2.05, 4.69) is 59.2 Å². The highest BCUT2D eigenvalue weighted by Gasteiger charge is 2.15. The maximum atomic E-state index is 4.59. The molecule has 2 aromatic carbocycles. The first-order valence-electron chi connectivity index (χ1n) is 8.49. The van der Waals surface area contributed by atoms with Crippen LogP contribution in [0.15, 0.2) is 58.7 Å². The zero-order valence-corrected chi connectivity index (χ0v) is 14.3. The minimum atomic E-state index is 0.966. The molecule has 0 heterocycles. The number of hydrogen-bond acceptors (Lipinski definition) is 4. The van der Waals surface area contributed by atoms with Gasteiger partial charge in [-0.05, 0) is 63.8 Å². The molecule has 0 amide bonds. The fraction of sp³-hybridized carbons (Fsp3) is 0.300. The summed E-state index contributed by atoms with van der Waals surface area (Å²) in [7, 11) is 0. The van der Waals surface area contributed by atoms with Gasteiger partial charge in [0.05, 0.1) is 22.8 Å². The summed E-state index contributed by atoms with van der Waals surface area (Å²) < 4.78 is 0. The van der Waals surface area contributed by atoms with Crippen molar-refractivity contribution in [1.29, 1.82) is 0 Å². The maximum absolute atomic E-state index is 4.59. The third kappa shape index (κ3) is 4.44. The summed E-state index contributed by atoms with van der Waals surface area (Å²) in [4.78, 5) is 0. The van der Waals surface area contributed by atoms with E-state index in [1.165, 1.54) is 11.1 Å². The van der Waals surface area contributed by atoms with Crippen molar-refractivity contribution in [1.82, 2.24) is 0 Å². The van der Waals surface area contributed by atoms with Crippen molar-refractivity contribution in [3.63, 3.8) is 0 Å². The second-order valence-corrected chi connectivity index (χ2v) is 6.28. The Hall–Kier alpha value is -2.62. The van der Waals surface area contributed by atoms with Crippen molar-refractivity contribution < 1.29 is 0 Å². The van der Waals surface area contributed by atoms with Gasteiger partial charge in [-0.15, -0.1) is 0 Å². The fourth-order valence-electron chi connectivity index (χ4n) is 2.63. The standard InChI is InChI=1S/C20H24N4/c1-15-7-11-17(12-8-15)21-23-19-5-3-4-6-20(19)24-22-18-13-9-16(2)10-14-18/h7-14,21-22H,3-6H2,1-2H3/b23-19+,24-20+. The van der Waals surface area contributed by atoms with E-state index in [1.807, 2.05) is 24.3 Å². The Morgan fingerprint density at radius 3 is 1.38 bits per heavy atom. The van der Waals surface area contributed by atoms with E-state index in [0.717, 1.165) is 48.5 Å². The largest absolute Gasteiger partial charge is 0.278 e. The minimum absolute atomic E-state index is 0.966. The highest BCUT2D eigenvalue weighted by atomic mass is 15.3. The molecule has 0 aromatic heterocycles. The first-order valence-corrected chi connectivity index (χ1v) is 8.49. The van der Waals surface area contributed by atoms with E-state index < -0.39 is 0 Å². The van der Waals surface area contributed by atoms with Crippen molar-refractivity contribution in [3.05, 3.63) is 59.7 Å². The van der Waals surface area contributed by atoms with Gasteiger partial charge in [-0.1, -0.05) is 35.4 Å². The van der Waals surface area contributed by atoms with Crippen LogP contribution in [0.25, 0.3) is 0 Å². The molecule has 24 heavy (non-hydrogen) atoms. The van der Waals surface area contributed by atoms with Gasteiger partial charge in [-0.25, -0.2) is 0 Å². The predicted molar refractivity (Wildman–Crippen MR) is 103 cm³/mol. The normalized spacial score (nSPS) is 17.9. The third-order valence-electron chi connectivity index (χ3n) is 4.15. The monoisotopic (exact) mass is 320 g/mol. The van der Waals surface area contributed by atoms with E-state index >= 15 is 0 Å². The van der Waals surface area contributed by atoms with Crippen LogP contribution >= 0.6 is 0 Å². The Morgan fingerprint density at radius 1 is 0.625 bits per heavy atom. The molecule has 0 unspecified atom stereocenters. The zero-order valence-electron chi connectivity index (χ0n) is 14.3. The summed E-state index contributed by atoms with van der Waals surface area (Å²) in [5.41, 5.74) is 12.9. The van der Waals surface area contributed by atoms with Crippen molar-refractivity contribution in [2.75, 3.05) is 10.9 Å². The van der Waals surface area contributed by atoms with Gasteiger partial charge in [0.1, 0.15) is 0 Å². The number of anilines is 2. The Kier molecular flexibility index (Phi) is 5.26. The molecule has 0 atom stereocenters. The average molecular weight is 320 g/mol. The quantitative estimate of drug-likeness (QED) is 0.769. The molecule has 0 aliphatic heterocycles. The molecule has 1 aliphatic rings. The van der Waals surface area contributed by atoms with Gasteiger partial charge in [0.15, 0.2) is 0 Å². The Balaban J connectivity index is 1.70. The number of nitrogens with one attached hydrogen (secondary N) is 2. The van der Waals surface area contributed by atoms with Crippen LogP contribution in [-0.2, 0) is 0 Å². The molecule has 1 saturated carbocycles. The summed E-state index contributed by atoms with van der Waals surface area (Å²) in [5, 5.41) is 9.17. The molecule has 2 N–H and O–H groups in total. The minimum Gasteiger partial charge on any atom is -0.278 e. The average Bonchev–Trinajstić information content (AvgIpc) is 2.61. The topological polar surface area (TPSA) is 48.8 Å². The maximum Gasteiger partial charge on any atom is 0.0839 e. The lowest BCUT2D eigenvalue weighted by molar-refractivity contribution is 0.774. The van der Waals surface area contributed by atoms with E-state index in [1.54, 1.807) is 0 Å². The molecular formula is C20H24N4. The van der Waals surface area contributed by atoms with Crippen molar-refractivity contribution in [3.8, 4) is 0 Å². The summed E-state index contributed by atoms with van der Waals surface area (Å²) in [6, 6.07) is 16.5. The SMILES string of the molecule is Cc1ccc(N/N=C2\CCCC\C2=N/Nc2ccc(C)cc2)cc1. The second kappa shape index (κ2) is 7.77. The van der Waals surface area contributed by atoms with Crippen LogP contribution < -0.4 is 10.9 Å². The molecule has 0 radical (unpaired) electrons. The lowest BCUT2D eigenvalue weighted by Crippen LogP contribution is -2.21. The molecule has 2 aromatic rings. The Labute approximate surface area is 143 Å². The Morgan fingerprint density at radius 2 is 1.00 bits per heavy atom. The van der Waals surface area contributed by atoms with Crippen molar-refractivity contribution >= 4 is 22.8 Å². The highest BCUT2D eigenvalue weighted by molar-refractivity contribution is 6.43. The van der Waals surface area contributed by atoms with E-state index in [-0.39, 0.29) is 0 Å². The van der Waals surface area contributed by atoms with Crippen LogP contribution in [-0.4, -0.2) is 11.4 Å². The summed E-state index contributed by atoms with van der Waals surface area (Å²) >= 11 is 0. The van der Waals surface area contributed by atoms with Gasteiger partial charge in [-0.2, -0.15) is 10.2 Å².